The molecule has 3 rings (SSSR count). The average molecular weight is 482 g/mol. The zero-order chi connectivity index (χ0) is 25.0. The molecule has 6 nitrogen and oxygen atoms in total. The second kappa shape index (κ2) is 10.6. The van der Waals surface area contributed by atoms with Crippen molar-refractivity contribution in [3.05, 3.63) is 57.9 Å². The number of methoxy groups -OCH3 is 1. The Bertz CT molecular complexity index is 977. The first-order chi connectivity index (χ1) is 16.1. The van der Waals surface area contributed by atoms with Crippen LogP contribution in [0.2, 0.25) is 0 Å². The first-order valence-corrected chi connectivity index (χ1v) is 11.3. The zero-order valence-electron chi connectivity index (χ0n) is 19.8. The second-order valence-corrected chi connectivity index (χ2v) is 8.42. The van der Waals surface area contributed by atoms with Gasteiger partial charge in [0.1, 0.15) is 6.61 Å². The normalized spacial score (nSPS) is 18.9. The number of ether oxygens (including phenoxy) is 3. The third-order valence-electron chi connectivity index (χ3n) is 5.96. The van der Waals surface area contributed by atoms with Crippen LogP contribution < -0.4 is 0 Å². The lowest BCUT2D eigenvalue weighted by Gasteiger charge is -2.38. The molecule has 0 spiro atoms. The molecule has 0 bridgehead atoms. The molecule has 0 amide bonds. The summed E-state index contributed by atoms with van der Waals surface area (Å²) >= 11 is 0. The highest BCUT2D eigenvalue weighted by molar-refractivity contribution is 6.00. The average Bonchev–Trinajstić information content (AvgIpc) is 3.61. The van der Waals surface area contributed by atoms with Crippen molar-refractivity contribution in [2.24, 2.45) is 0 Å². The maximum Gasteiger partial charge on any atom is 0.416 e. The molecule has 9 heteroatoms. The fourth-order valence-corrected chi connectivity index (χ4v) is 4.25. The maximum absolute atomic E-state index is 13.3. The quantitative estimate of drug-likeness (QED) is 0.367. The molecular formula is C25H30F3NO5. The fourth-order valence-electron chi connectivity index (χ4n) is 4.25. The summed E-state index contributed by atoms with van der Waals surface area (Å²) in [5.74, 6) is -2.15. The molecule has 0 radical (unpaired) electrons. The number of nitrogens with zero attached hydrogens (tertiary/aromatic N) is 1. The Labute approximate surface area is 197 Å². The number of benzene rings is 1. The van der Waals surface area contributed by atoms with E-state index in [-0.39, 0.29) is 37.0 Å². The van der Waals surface area contributed by atoms with Gasteiger partial charge in [0.15, 0.2) is 0 Å². The lowest BCUT2D eigenvalue weighted by Crippen LogP contribution is -2.36. The van der Waals surface area contributed by atoms with Crippen LogP contribution in [0.15, 0.2) is 46.8 Å². The minimum absolute atomic E-state index is 0.00752. The molecule has 0 aromatic heterocycles. The van der Waals surface area contributed by atoms with Gasteiger partial charge < -0.3 is 19.1 Å². The number of rotatable bonds is 9. The van der Waals surface area contributed by atoms with Crippen molar-refractivity contribution in [3.8, 4) is 0 Å². The van der Waals surface area contributed by atoms with E-state index < -0.39 is 29.6 Å². The van der Waals surface area contributed by atoms with Crippen LogP contribution in [0.4, 0.5) is 13.2 Å². The maximum atomic E-state index is 13.3. The number of allylic oxidation sites excluding steroid dienone is 2. The molecule has 1 atom stereocenters. The monoisotopic (exact) mass is 481 g/mol. The first-order valence-electron chi connectivity index (χ1n) is 11.3. The minimum atomic E-state index is -4.50. The van der Waals surface area contributed by atoms with Crippen molar-refractivity contribution in [2.45, 2.75) is 58.2 Å². The summed E-state index contributed by atoms with van der Waals surface area (Å²) in [5.41, 5.74) is 1.29. The first kappa shape index (κ1) is 25.8. The largest absolute Gasteiger partial charge is 0.462 e. The SMILES string of the molecule is CCCOC(=O)C1=C(C)N(C2CC2)C(C)=C(C(=O)OCCOC)C1c1ccc(C(F)(F)F)cc1. The molecule has 1 fully saturated rings. The fraction of sp³-hybridized carbons (Fsp3) is 0.520. The molecule has 1 aromatic rings. The van der Waals surface area contributed by atoms with Crippen LogP contribution in [0.5, 0.6) is 0 Å². The van der Waals surface area contributed by atoms with Gasteiger partial charge in [-0.1, -0.05) is 19.1 Å². The Balaban J connectivity index is 2.14. The van der Waals surface area contributed by atoms with E-state index in [1.165, 1.54) is 19.2 Å². The van der Waals surface area contributed by atoms with E-state index in [2.05, 4.69) is 0 Å². The molecule has 0 saturated heterocycles. The zero-order valence-corrected chi connectivity index (χ0v) is 19.8. The van der Waals surface area contributed by atoms with E-state index in [9.17, 15) is 22.8 Å². The second-order valence-electron chi connectivity index (χ2n) is 8.42. The number of carbonyl (C=O) groups is 2. The molecule has 186 valence electrons. The number of hydrogen-bond donors (Lipinski definition) is 0. The summed E-state index contributed by atoms with van der Waals surface area (Å²) in [5, 5.41) is 0. The topological polar surface area (TPSA) is 65.1 Å². The molecule has 1 unspecified atom stereocenters. The highest BCUT2D eigenvalue weighted by Crippen LogP contribution is 2.47. The molecule has 1 saturated carbocycles. The minimum Gasteiger partial charge on any atom is -0.462 e. The summed E-state index contributed by atoms with van der Waals surface area (Å²) in [4.78, 5) is 28.4. The molecule has 1 aromatic carbocycles. The molecule has 1 aliphatic carbocycles. The van der Waals surface area contributed by atoms with Gasteiger partial charge in [0.2, 0.25) is 0 Å². The van der Waals surface area contributed by atoms with E-state index in [1.807, 2.05) is 11.8 Å². The van der Waals surface area contributed by atoms with Gasteiger partial charge in [-0.25, -0.2) is 9.59 Å². The van der Waals surface area contributed by atoms with Crippen LogP contribution in [0.1, 0.15) is 57.1 Å². The van der Waals surface area contributed by atoms with Crippen LogP contribution in [0, 0.1) is 0 Å². The van der Waals surface area contributed by atoms with Crippen LogP contribution >= 0.6 is 0 Å². The smallest absolute Gasteiger partial charge is 0.416 e. The van der Waals surface area contributed by atoms with Gasteiger partial charge in [0.05, 0.1) is 35.8 Å². The van der Waals surface area contributed by atoms with Gasteiger partial charge in [-0.15, -0.1) is 0 Å². The van der Waals surface area contributed by atoms with Gasteiger partial charge in [0, 0.05) is 24.5 Å². The van der Waals surface area contributed by atoms with Crippen LogP contribution in [-0.4, -0.2) is 49.8 Å². The Morgan fingerprint density at radius 2 is 1.47 bits per heavy atom. The Kier molecular flexibility index (Phi) is 8.07. The number of hydrogen-bond acceptors (Lipinski definition) is 6. The number of halogens is 3. The van der Waals surface area contributed by atoms with E-state index in [4.69, 9.17) is 14.2 Å². The number of esters is 2. The Hall–Kier alpha value is -2.81. The van der Waals surface area contributed by atoms with Crippen molar-refractivity contribution >= 4 is 11.9 Å². The van der Waals surface area contributed by atoms with Gasteiger partial charge >= 0.3 is 18.1 Å². The third-order valence-corrected chi connectivity index (χ3v) is 5.96. The third kappa shape index (κ3) is 5.46. The predicted octanol–water partition coefficient (Wildman–Crippen LogP) is 4.96. The van der Waals surface area contributed by atoms with Crippen LogP contribution in [0.25, 0.3) is 0 Å². The standard InChI is InChI=1S/C25H30F3NO5/c1-5-12-33-23(30)20-15(2)29(19-10-11-19)16(3)21(24(31)34-14-13-32-4)22(20)17-6-8-18(9-7-17)25(26,27)28/h6-9,19,22H,5,10-14H2,1-4H3. The van der Waals surface area contributed by atoms with Gasteiger partial charge in [0.25, 0.3) is 0 Å². The van der Waals surface area contributed by atoms with Crippen LogP contribution in [0.3, 0.4) is 0 Å². The lowest BCUT2D eigenvalue weighted by molar-refractivity contribution is -0.141. The van der Waals surface area contributed by atoms with Crippen molar-refractivity contribution in [2.75, 3.05) is 26.9 Å². The molecular weight excluding hydrogens is 451 g/mol. The van der Waals surface area contributed by atoms with E-state index in [1.54, 1.807) is 13.8 Å². The Morgan fingerprint density at radius 3 is 1.91 bits per heavy atom. The molecule has 1 heterocycles. The summed E-state index contributed by atoms with van der Waals surface area (Å²) in [6.07, 6.45) is -2.09. The molecule has 34 heavy (non-hydrogen) atoms. The number of alkyl halides is 3. The predicted molar refractivity (Wildman–Crippen MR) is 119 cm³/mol. The van der Waals surface area contributed by atoms with Gasteiger partial charge in [-0.3, -0.25) is 0 Å². The van der Waals surface area contributed by atoms with Crippen molar-refractivity contribution < 1.29 is 37.0 Å². The van der Waals surface area contributed by atoms with Crippen molar-refractivity contribution in [3.63, 3.8) is 0 Å². The van der Waals surface area contributed by atoms with E-state index in [0.29, 0.717) is 23.4 Å². The molecule has 1 aliphatic heterocycles. The highest BCUT2D eigenvalue weighted by atomic mass is 19.4. The summed E-state index contributed by atoms with van der Waals surface area (Å²) in [6.45, 7) is 5.81. The van der Waals surface area contributed by atoms with E-state index in [0.717, 1.165) is 25.0 Å². The van der Waals surface area contributed by atoms with Crippen molar-refractivity contribution in [1.82, 2.24) is 4.90 Å². The highest BCUT2D eigenvalue weighted by Gasteiger charge is 2.44. The lowest BCUT2D eigenvalue weighted by atomic mass is 9.79. The van der Waals surface area contributed by atoms with Crippen molar-refractivity contribution in [1.29, 1.82) is 0 Å². The van der Waals surface area contributed by atoms with E-state index >= 15 is 0 Å². The summed E-state index contributed by atoms with van der Waals surface area (Å²) in [7, 11) is 1.48. The van der Waals surface area contributed by atoms with Gasteiger partial charge in [-0.05, 0) is 50.8 Å². The van der Waals surface area contributed by atoms with Gasteiger partial charge in [-0.2, -0.15) is 13.2 Å². The Morgan fingerprint density at radius 1 is 0.941 bits per heavy atom. The number of carbonyl (C=O) groups excluding carboxylic acids is 2. The van der Waals surface area contributed by atoms with Crippen LogP contribution in [-0.2, 0) is 30.0 Å². The molecule has 0 N–H and O–H groups in total. The molecule has 2 aliphatic rings. The summed E-state index contributed by atoms with van der Waals surface area (Å²) in [6, 6.07) is 4.66. The summed E-state index contributed by atoms with van der Waals surface area (Å²) < 4.78 is 55.3.